The standard InChI is InChI=1S/C15H16BrN3O2/c16-13-2-4-15(18-10-13)21-11-12-1-3-14(17-9-12)19-5-7-20-8-6-19/h1-4,9-10H,5-8,11H2. The maximum Gasteiger partial charge on any atom is 0.213 e. The van der Waals surface area contributed by atoms with Gasteiger partial charge in [0, 0.05) is 41.6 Å². The molecule has 0 saturated carbocycles. The van der Waals surface area contributed by atoms with Crippen molar-refractivity contribution in [3.05, 3.63) is 46.7 Å². The second kappa shape index (κ2) is 6.87. The van der Waals surface area contributed by atoms with E-state index >= 15 is 0 Å². The van der Waals surface area contributed by atoms with E-state index in [1.54, 1.807) is 6.20 Å². The molecule has 1 aliphatic rings. The molecule has 0 unspecified atom stereocenters. The molecule has 2 aromatic heterocycles. The van der Waals surface area contributed by atoms with Gasteiger partial charge in [-0.2, -0.15) is 0 Å². The van der Waals surface area contributed by atoms with Crippen molar-refractivity contribution in [3.8, 4) is 5.88 Å². The van der Waals surface area contributed by atoms with E-state index in [-0.39, 0.29) is 0 Å². The largest absolute Gasteiger partial charge is 0.473 e. The summed E-state index contributed by atoms with van der Waals surface area (Å²) in [6, 6.07) is 7.80. The minimum atomic E-state index is 0.463. The van der Waals surface area contributed by atoms with Crippen molar-refractivity contribution in [2.75, 3.05) is 31.2 Å². The van der Waals surface area contributed by atoms with Crippen LogP contribution >= 0.6 is 15.9 Å². The molecule has 0 radical (unpaired) electrons. The van der Waals surface area contributed by atoms with Crippen molar-refractivity contribution in [2.45, 2.75) is 6.61 Å². The Labute approximate surface area is 132 Å². The predicted octanol–water partition coefficient (Wildman–Crippen LogP) is 2.65. The summed E-state index contributed by atoms with van der Waals surface area (Å²) in [6.45, 7) is 3.78. The number of ether oxygens (including phenoxy) is 2. The molecule has 0 atom stereocenters. The van der Waals surface area contributed by atoms with Crippen molar-refractivity contribution < 1.29 is 9.47 Å². The maximum absolute atomic E-state index is 5.63. The Bertz CT molecular complexity index is 568. The average molecular weight is 350 g/mol. The Kier molecular flexibility index (Phi) is 4.67. The van der Waals surface area contributed by atoms with E-state index in [1.165, 1.54) is 0 Å². The zero-order valence-electron chi connectivity index (χ0n) is 11.5. The van der Waals surface area contributed by atoms with Crippen molar-refractivity contribution in [2.24, 2.45) is 0 Å². The van der Waals surface area contributed by atoms with Gasteiger partial charge in [-0.25, -0.2) is 9.97 Å². The third-order valence-electron chi connectivity index (χ3n) is 3.23. The summed E-state index contributed by atoms with van der Waals surface area (Å²) < 4.78 is 11.9. The quantitative estimate of drug-likeness (QED) is 0.849. The minimum Gasteiger partial charge on any atom is -0.473 e. The Morgan fingerprint density at radius 2 is 1.95 bits per heavy atom. The number of pyridine rings is 2. The number of hydrogen-bond donors (Lipinski definition) is 0. The third kappa shape index (κ3) is 3.92. The normalized spacial score (nSPS) is 15.0. The molecule has 0 aromatic carbocycles. The van der Waals surface area contributed by atoms with E-state index in [9.17, 15) is 0 Å². The van der Waals surface area contributed by atoms with E-state index in [0.29, 0.717) is 12.5 Å². The molecule has 0 spiro atoms. The van der Waals surface area contributed by atoms with Crippen molar-refractivity contribution in [1.29, 1.82) is 0 Å². The number of aromatic nitrogens is 2. The summed E-state index contributed by atoms with van der Waals surface area (Å²) in [7, 11) is 0. The molecule has 3 heterocycles. The van der Waals surface area contributed by atoms with E-state index in [1.807, 2.05) is 30.5 Å². The van der Waals surface area contributed by atoms with E-state index < -0.39 is 0 Å². The SMILES string of the molecule is Brc1ccc(OCc2ccc(N3CCOCC3)nc2)nc1. The lowest BCUT2D eigenvalue weighted by Gasteiger charge is -2.27. The molecule has 1 fully saturated rings. The second-order valence-electron chi connectivity index (χ2n) is 4.73. The number of halogens is 1. The highest BCUT2D eigenvalue weighted by atomic mass is 79.9. The topological polar surface area (TPSA) is 47.5 Å². The average Bonchev–Trinajstić information content (AvgIpc) is 2.56. The summed E-state index contributed by atoms with van der Waals surface area (Å²) in [6.07, 6.45) is 3.57. The Morgan fingerprint density at radius 1 is 1.10 bits per heavy atom. The first kappa shape index (κ1) is 14.3. The van der Waals surface area contributed by atoms with E-state index in [4.69, 9.17) is 9.47 Å². The van der Waals surface area contributed by atoms with Crippen LogP contribution in [0.2, 0.25) is 0 Å². The van der Waals surface area contributed by atoms with Gasteiger partial charge in [-0.15, -0.1) is 0 Å². The van der Waals surface area contributed by atoms with Crippen LogP contribution in [0.4, 0.5) is 5.82 Å². The van der Waals surface area contributed by atoms with Gasteiger partial charge in [0.1, 0.15) is 12.4 Å². The number of anilines is 1. The van der Waals surface area contributed by atoms with Gasteiger partial charge in [0.2, 0.25) is 5.88 Å². The molecule has 6 heteroatoms. The van der Waals surface area contributed by atoms with Crippen LogP contribution in [0.5, 0.6) is 5.88 Å². The molecule has 0 amide bonds. The van der Waals surface area contributed by atoms with Gasteiger partial charge >= 0.3 is 0 Å². The summed E-state index contributed by atoms with van der Waals surface area (Å²) in [5.74, 6) is 1.60. The zero-order chi connectivity index (χ0) is 14.5. The van der Waals surface area contributed by atoms with Gasteiger partial charge in [-0.1, -0.05) is 6.07 Å². The van der Waals surface area contributed by atoms with Crippen LogP contribution in [-0.2, 0) is 11.3 Å². The molecule has 5 nitrogen and oxygen atoms in total. The van der Waals surface area contributed by atoms with Crippen LogP contribution in [0.1, 0.15) is 5.56 Å². The summed E-state index contributed by atoms with van der Waals surface area (Å²) in [4.78, 5) is 10.9. The lowest BCUT2D eigenvalue weighted by Crippen LogP contribution is -2.36. The minimum absolute atomic E-state index is 0.463. The first-order valence-electron chi connectivity index (χ1n) is 6.83. The monoisotopic (exact) mass is 349 g/mol. The lowest BCUT2D eigenvalue weighted by atomic mass is 10.3. The maximum atomic E-state index is 5.63. The fraction of sp³-hybridized carbons (Fsp3) is 0.333. The van der Waals surface area contributed by atoms with Crippen LogP contribution < -0.4 is 9.64 Å². The van der Waals surface area contributed by atoms with Gasteiger partial charge in [-0.05, 0) is 28.1 Å². The molecule has 0 aliphatic carbocycles. The molecule has 21 heavy (non-hydrogen) atoms. The lowest BCUT2D eigenvalue weighted by molar-refractivity contribution is 0.122. The summed E-state index contributed by atoms with van der Waals surface area (Å²) in [5, 5.41) is 0. The number of morpholine rings is 1. The molecular formula is C15H16BrN3O2. The second-order valence-corrected chi connectivity index (χ2v) is 5.64. The molecule has 0 bridgehead atoms. The van der Waals surface area contributed by atoms with Crippen LogP contribution in [0.25, 0.3) is 0 Å². The van der Waals surface area contributed by atoms with Crippen LogP contribution in [0.3, 0.4) is 0 Å². The van der Waals surface area contributed by atoms with Gasteiger partial charge in [0.05, 0.1) is 13.2 Å². The van der Waals surface area contributed by atoms with Crippen molar-refractivity contribution >= 4 is 21.7 Å². The molecule has 1 saturated heterocycles. The Morgan fingerprint density at radius 3 is 2.62 bits per heavy atom. The van der Waals surface area contributed by atoms with Gasteiger partial charge < -0.3 is 14.4 Å². The highest BCUT2D eigenvalue weighted by Crippen LogP contribution is 2.16. The van der Waals surface area contributed by atoms with Gasteiger partial charge in [-0.3, -0.25) is 0 Å². The molecule has 1 aliphatic heterocycles. The molecular weight excluding hydrogens is 334 g/mol. The first-order chi connectivity index (χ1) is 10.3. The van der Waals surface area contributed by atoms with E-state index in [0.717, 1.165) is 42.2 Å². The van der Waals surface area contributed by atoms with Crippen LogP contribution in [0.15, 0.2) is 41.1 Å². The highest BCUT2D eigenvalue weighted by molar-refractivity contribution is 9.10. The van der Waals surface area contributed by atoms with Crippen LogP contribution in [0, 0.1) is 0 Å². The third-order valence-corrected chi connectivity index (χ3v) is 3.70. The van der Waals surface area contributed by atoms with Gasteiger partial charge in [0.25, 0.3) is 0 Å². The van der Waals surface area contributed by atoms with E-state index in [2.05, 4.69) is 30.8 Å². The predicted molar refractivity (Wildman–Crippen MR) is 83.5 cm³/mol. The summed E-state index contributed by atoms with van der Waals surface area (Å²) in [5.41, 5.74) is 1.02. The smallest absolute Gasteiger partial charge is 0.213 e. The fourth-order valence-electron chi connectivity index (χ4n) is 2.09. The van der Waals surface area contributed by atoms with Crippen molar-refractivity contribution in [1.82, 2.24) is 9.97 Å². The Hall–Kier alpha value is -1.66. The highest BCUT2D eigenvalue weighted by Gasteiger charge is 2.11. The Balaban J connectivity index is 1.57. The fourth-order valence-corrected chi connectivity index (χ4v) is 2.32. The zero-order valence-corrected chi connectivity index (χ0v) is 13.1. The number of rotatable bonds is 4. The molecule has 2 aromatic rings. The first-order valence-corrected chi connectivity index (χ1v) is 7.62. The number of hydrogen-bond acceptors (Lipinski definition) is 5. The number of nitrogens with zero attached hydrogens (tertiary/aromatic N) is 3. The van der Waals surface area contributed by atoms with Crippen LogP contribution in [-0.4, -0.2) is 36.3 Å². The molecule has 0 N–H and O–H groups in total. The molecule has 110 valence electrons. The summed E-state index contributed by atoms with van der Waals surface area (Å²) >= 11 is 3.35. The van der Waals surface area contributed by atoms with Gasteiger partial charge in [0.15, 0.2) is 0 Å². The van der Waals surface area contributed by atoms with Crippen molar-refractivity contribution in [3.63, 3.8) is 0 Å². The molecule has 3 rings (SSSR count).